The lowest BCUT2D eigenvalue weighted by atomic mass is 9.80. The molecular weight excluding hydrogens is 813 g/mol. The third kappa shape index (κ3) is 8.31. The van der Waals surface area contributed by atoms with Crippen LogP contribution < -0.4 is 30.2 Å². The minimum Gasteiger partial charge on any atom is -0.497 e. The first-order valence-corrected chi connectivity index (χ1v) is 20.8. The average Bonchev–Trinajstić information content (AvgIpc) is 3.68. The molecule has 1 aromatic heterocycles. The Morgan fingerprint density at radius 2 is 0.938 bits per heavy atom. The molecular formula is C52H50N2O10. The zero-order valence-corrected chi connectivity index (χ0v) is 36.0. The summed E-state index contributed by atoms with van der Waals surface area (Å²) in [4.78, 5) is 28.8. The van der Waals surface area contributed by atoms with Crippen molar-refractivity contribution in [2.24, 2.45) is 0 Å². The smallest absolute Gasteiger partial charge is 0.330 e. The fourth-order valence-corrected chi connectivity index (χ4v) is 8.64. The maximum atomic E-state index is 13.9. The lowest BCUT2D eigenvalue weighted by molar-refractivity contribution is -0.183. The third-order valence-corrected chi connectivity index (χ3v) is 11.9. The molecule has 12 nitrogen and oxygen atoms in total. The predicted octanol–water partition coefficient (Wildman–Crippen LogP) is 7.39. The quantitative estimate of drug-likeness (QED) is 0.0892. The number of aromatic amines is 1. The normalized spacial score (nSPS) is 17.5. The summed E-state index contributed by atoms with van der Waals surface area (Å²) in [7, 11) is 6.43. The van der Waals surface area contributed by atoms with Crippen LogP contribution in [0, 0.1) is 0 Å². The van der Waals surface area contributed by atoms with Crippen molar-refractivity contribution in [2.75, 3.05) is 41.7 Å². The molecule has 8 rings (SSSR count). The highest BCUT2D eigenvalue weighted by molar-refractivity contribution is 5.51. The fraction of sp³-hybridized carbons (Fsp3) is 0.231. The van der Waals surface area contributed by atoms with Crippen molar-refractivity contribution >= 4 is 0 Å². The van der Waals surface area contributed by atoms with Crippen LogP contribution in [0.15, 0.2) is 180 Å². The lowest BCUT2D eigenvalue weighted by Crippen LogP contribution is -2.49. The van der Waals surface area contributed by atoms with E-state index in [4.69, 9.17) is 33.2 Å². The van der Waals surface area contributed by atoms with E-state index < -0.39 is 40.4 Å². The summed E-state index contributed by atoms with van der Waals surface area (Å²) in [6, 6.07) is 51.2. The number of aromatic nitrogens is 2. The van der Waals surface area contributed by atoms with E-state index in [-0.39, 0.29) is 19.6 Å². The molecule has 12 heteroatoms. The molecule has 0 aliphatic carbocycles. The molecule has 3 atom stereocenters. The molecule has 6 aromatic carbocycles. The van der Waals surface area contributed by atoms with Crippen LogP contribution in [0.4, 0.5) is 0 Å². The van der Waals surface area contributed by atoms with E-state index >= 15 is 0 Å². The summed E-state index contributed by atoms with van der Waals surface area (Å²) >= 11 is 0. The number of nitrogens with zero attached hydrogens (tertiary/aromatic N) is 1. The number of hydrogen-bond donors (Lipinski definition) is 2. The van der Waals surface area contributed by atoms with Crippen molar-refractivity contribution in [1.29, 1.82) is 0 Å². The van der Waals surface area contributed by atoms with E-state index in [9.17, 15) is 14.7 Å². The summed E-state index contributed by atoms with van der Waals surface area (Å²) in [6.07, 6.45) is -0.910. The molecule has 0 spiro atoms. The van der Waals surface area contributed by atoms with Crippen LogP contribution in [0.5, 0.6) is 23.0 Å². The van der Waals surface area contributed by atoms with Gasteiger partial charge in [0, 0.05) is 18.7 Å². The Labute approximate surface area is 371 Å². The molecule has 7 aromatic rings. The number of nitrogens with one attached hydrogen (secondary N) is 1. The Hall–Kier alpha value is -6.96. The Morgan fingerprint density at radius 1 is 0.562 bits per heavy atom. The predicted molar refractivity (Wildman–Crippen MR) is 241 cm³/mol. The van der Waals surface area contributed by atoms with Gasteiger partial charge in [-0.25, -0.2) is 4.79 Å². The first-order valence-electron chi connectivity index (χ1n) is 20.8. The van der Waals surface area contributed by atoms with Gasteiger partial charge in [0.1, 0.15) is 40.3 Å². The van der Waals surface area contributed by atoms with Gasteiger partial charge < -0.3 is 38.3 Å². The van der Waals surface area contributed by atoms with E-state index in [0.29, 0.717) is 23.0 Å². The second-order valence-corrected chi connectivity index (χ2v) is 15.5. The van der Waals surface area contributed by atoms with Crippen LogP contribution >= 0.6 is 0 Å². The van der Waals surface area contributed by atoms with Crippen LogP contribution in [-0.4, -0.2) is 68.5 Å². The number of ether oxygens (including phenoxy) is 7. The number of benzene rings is 6. The van der Waals surface area contributed by atoms with E-state index in [1.165, 1.54) is 16.8 Å². The van der Waals surface area contributed by atoms with Gasteiger partial charge in [-0.3, -0.25) is 14.3 Å². The summed E-state index contributed by atoms with van der Waals surface area (Å²) in [6.45, 7) is -0.422. The number of methoxy groups -OCH3 is 4. The molecule has 64 heavy (non-hydrogen) atoms. The molecule has 0 saturated carbocycles. The number of hydrogen-bond acceptors (Lipinski definition) is 10. The number of rotatable bonds is 17. The summed E-state index contributed by atoms with van der Waals surface area (Å²) < 4.78 is 44.9. The number of H-pyrrole nitrogens is 1. The molecule has 1 fully saturated rings. The molecule has 0 radical (unpaired) electrons. The van der Waals surface area contributed by atoms with Gasteiger partial charge in [0.2, 0.25) is 0 Å². The van der Waals surface area contributed by atoms with Gasteiger partial charge in [-0.15, -0.1) is 0 Å². The molecule has 0 amide bonds. The minimum absolute atomic E-state index is 0.105. The van der Waals surface area contributed by atoms with Crippen molar-refractivity contribution in [3.63, 3.8) is 0 Å². The zero-order valence-electron chi connectivity index (χ0n) is 36.0. The minimum atomic E-state index is -1.66. The molecule has 328 valence electrons. The topological polar surface area (TPSA) is 140 Å². The van der Waals surface area contributed by atoms with Crippen molar-refractivity contribution < 1.29 is 38.3 Å². The third-order valence-electron chi connectivity index (χ3n) is 11.9. The van der Waals surface area contributed by atoms with Crippen molar-refractivity contribution in [3.05, 3.63) is 224 Å². The highest BCUT2D eigenvalue weighted by Crippen LogP contribution is 2.46. The Kier molecular flexibility index (Phi) is 12.8. The Bertz CT molecular complexity index is 2630. The van der Waals surface area contributed by atoms with E-state index in [1.807, 2.05) is 158 Å². The highest BCUT2D eigenvalue weighted by atomic mass is 16.6. The first kappa shape index (κ1) is 43.7. The zero-order chi connectivity index (χ0) is 44.7. The fourth-order valence-electron chi connectivity index (χ4n) is 8.64. The van der Waals surface area contributed by atoms with E-state index in [1.54, 1.807) is 28.4 Å². The molecule has 1 saturated heterocycles. The van der Waals surface area contributed by atoms with Gasteiger partial charge in [0.05, 0.1) is 47.8 Å². The summed E-state index contributed by atoms with van der Waals surface area (Å²) in [5.74, 6) is 2.64. The van der Waals surface area contributed by atoms with Crippen molar-refractivity contribution in [2.45, 2.75) is 35.6 Å². The van der Waals surface area contributed by atoms with Crippen LogP contribution in [0.3, 0.4) is 0 Å². The van der Waals surface area contributed by atoms with Crippen LogP contribution in [0.25, 0.3) is 0 Å². The van der Waals surface area contributed by atoms with Gasteiger partial charge in [-0.2, -0.15) is 0 Å². The lowest BCUT2D eigenvalue weighted by Gasteiger charge is -2.40. The molecule has 1 aliphatic heterocycles. The van der Waals surface area contributed by atoms with Gasteiger partial charge in [0.15, 0.2) is 5.72 Å². The second-order valence-electron chi connectivity index (χ2n) is 15.5. The molecule has 1 aliphatic rings. The van der Waals surface area contributed by atoms with Gasteiger partial charge in [0.25, 0.3) is 5.56 Å². The second kappa shape index (κ2) is 18.8. The summed E-state index contributed by atoms with van der Waals surface area (Å²) in [5, 5.41) is 12.2. The van der Waals surface area contributed by atoms with E-state index in [0.717, 1.165) is 33.4 Å². The van der Waals surface area contributed by atoms with Crippen LogP contribution in [0.1, 0.15) is 39.8 Å². The first-order chi connectivity index (χ1) is 31.2. The molecule has 2 heterocycles. The van der Waals surface area contributed by atoms with Gasteiger partial charge in [-0.1, -0.05) is 109 Å². The average molecular weight is 863 g/mol. The van der Waals surface area contributed by atoms with E-state index in [2.05, 4.69) is 4.98 Å². The number of aliphatic hydroxyl groups excluding tert-OH is 1. The number of aliphatic hydroxyl groups is 1. The Balaban J connectivity index is 1.24. The van der Waals surface area contributed by atoms with Gasteiger partial charge in [-0.05, 0) is 81.9 Å². The maximum absolute atomic E-state index is 13.9. The molecule has 0 bridgehead atoms. The molecule has 0 unspecified atom stereocenters. The van der Waals surface area contributed by atoms with Crippen molar-refractivity contribution in [3.8, 4) is 23.0 Å². The largest absolute Gasteiger partial charge is 0.497 e. The van der Waals surface area contributed by atoms with Gasteiger partial charge >= 0.3 is 5.69 Å². The summed E-state index contributed by atoms with van der Waals surface area (Å²) in [5.41, 5.74) is -0.865. The van der Waals surface area contributed by atoms with Crippen molar-refractivity contribution in [1.82, 2.24) is 9.55 Å². The monoisotopic (exact) mass is 862 g/mol. The van der Waals surface area contributed by atoms with Crippen LogP contribution in [-0.2, 0) is 31.1 Å². The highest BCUT2D eigenvalue weighted by Gasteiger charge is 2.52. The van der Waals surface area contributed by atoms with Crippen LogP contribution in [0.2, 0.25) is 0 Å². The maximum Gasteiger partial charge on any atom is 0.330 e. The Morgan fingerprint density at radius 3 is 1.31 bits per heavy atom. The standard InChI is InChI=1S/C52H50N2O10/c1-58-42-23-15-38(16-24-42)51(36-11-7-5-8-12-36,39-17-25-43(59-2)26-18-39)62-34-47-46(55)33-50(64-47,54-32-31-48(56)53-49(54)57)35-63-52(37-13-9-6-10-14-37,40-19-27-44(60-3)28-20-40)41-21-29-45(61-4)30-22-41/h5-32,46-47,55H,33-35H2,1-4H3,(H,53,56,57)/t46-,47-,50+/m1/s1. The molecule has 2 N–H and O–H groups in total. The SMILES string of the molecule is COc1ccc(C(OC[C@H]2O[C@@](COC(c3ccccc3)(c3ccc(OC)cc3)c3ccc(OC)cc3)(n3ccc(=O)[nH]c3=O)C[C@H]2O)(c2ccccc2)c2ccc(OC)cc2)cc1.